The van der Waals surface area contributed by atoms with Crippen molar-refractivity contribution >= 4 is 15.5 Å². The van der Waals surface area contributed by atoms with Crippen LogP contribution in [-0.2, 0) is 14.6 Å². The van der Waals surface area contributed by atoms with Gasteiger partial charge in [0.15, 0.2) is 9.84 Å². The lowest BCUT2D eigenvalue weighted by Gasteiger charge is -2.45. The van der Waals surface area contributed by atoms with Gasteiger partial charge in [0.25, 0.3) is 0 Å². The number of sulfone groups is 1. The summed E-state index contributed by atoms with van der Waals surface area (Å²) in [7, 11) is -1.40. The number of piperazine rings is 1. The van der Waals surface area contributed by atoms with E-state index in [1.54, 1.807) is 19.2 Å². The van der Waals surface area contributed by atoms with Crippen molar-refractivity contribution < 1.29 is 13.2 Å². The number of benzene rings is 1. The van der Waals surface area contributed by atoms with Crippen LogP contribution in [0.1, 0.15) is 13.8 Å². The van der Waals surface area contributed by atoms with E-state index in [-0.39, 0.29) is 0 Å². The molecule has 1 aliphatic heterocycles. The largest absolute Gasteiger partial charge is 0.383 e. The molecule has 0 bridgehead atoms. The first-order valence-electron chi connectivity index (χ1n) is 7.62. The van der Waals surface area contributed by atoms with Crippen LogP contribution >= 0.6 is 0 Å². The molecule has 1 fully saturated rings. The van der Waals surface area contributed by atoms with E-state index in [0.29, 0.717) is 17.0 Å². The van der Waals surface area contributed by atoms with Crippen molar-refractivity contribution in [3.8, 4) is 0 Å². The third-order valence-electron chi connectivity index (χ3n) is 4.29. The quantitative estimate of drug-likeness (QED) is 0.823. The number of rotatable bonds is 5. The molecule has 1 saturated heterocycles. The Balaban J connectivity index is 2.08. The van der Waals surface area contributed by atoms with Gasteiger partial charge < -0.3 is 9.64 Å². The van der Waals surface area contributed by atoms with Crippen LogP contribution in [0.3, 0.4) is 0 Å². The number of hydrogen-bond donors (Lipinski definition) is 0. The van der Waals surface area contributed by atoms with Gasteiger partial charge in [-0.3, -0.25) is 4.90 Å². The van der Waals surface area contributed by atoms with Crippen LogP contribution in [0.5, 0.6) is 0 Å². The van der Waals surface area contributed by atoms with E-state index in [1.807, 2.05) is 12.1 Å². The molecule has 6 heteroatoms. The zero-order valence-electron chi connectivity index (χ0n) is 13.8. The molecule has 1 aromatic carbocycles. The van der Waals surface area contributed by atoms with Gasteiger partial charge in [-0.05, 0) is 38.1 Å². The second kappa shape index (κ2) is 6.98. The first-order chi connectivity index (χ1) is 10.3. The lowest BCUT2D eigenvalue weighted by Crippen LogP contribution is -2.57. The monoisotopic (exact) mass is 326 g/mol. The van der Waals surface area contributed by atoms with Gasteiger partial charge in [-0.15, -0.1) is 0 Å². The molecule has 0 saturated carbocycles. The molecule has 124 valence electrons. The Morgan fingerprint density at radius 2 is 1.68 bits per heavy atom. The molecule has 0 aromatic heterocycles. The summed E-state index contributed by atoms with van der Waals surface area (Å²) in [6.07, 6.45) is 1.24. The van der Waals surface area contributed by atoms with Gasteiger partial charge >= 0.3 is 0 Å². The maximum Gasteiger partial charge on any atom is 0.175 e. The average Bonchev–Trinajstić information content (AvgIpc) is 2.45. The van der Waals surface area contributed by atoms with Gasteiger partial charge in [0.1, 0.15) is 0 Å². The minimum absolute atomic E-state index is 0.371. The van der Waals surface area contributed by atoms with Crippen LogP contribution in [-0.4, -0.2) is 65.0 Å². The highest BCUT2D eigenvalue weighted by Crippen LogP contribution is 2.23. The Kier molecular flexibility index (Phi) is 5.47. The Morgan fingerprint density at radius 1 is 1.14 bits per heavy atom. The molecule has 0 aliphatic carbocycles. The minimum atomic E-state index is -3.13. The first-order valence-corrected chi connectivity index (χ1v) is 9.52. The summed E-state index contributed by atoms with van der Waals surface area (Å²) in [4.78, 5) is 5.16. The van der Waals surface area contributed by atoms with E-state index in [1.165, 1.54) is 6.26 Å². The molecule has 2 rings (SSSR count). The molecule has 0 amide bonds. The predicted molar refractivity (Wildman–Crippen MR) is 89.3 cm³/mol. The van der Waals surface area contributed by atoms with Crippen molar-refractivity contribution in [3.63, 3.8) is 0 Å². The fourth-order valence-corrected chi connectivity index (χ4v) is 3.74. The van der Waals surface area contributed by atoms with Crippen LogP contribution < -0.4 is 4.90 Å². The smallest absolute Gasteiger partial charge is 0.175 e. The van der Waals surface area contributed by atoms with Crippen LogP contribution in [0.25, 0.3) is 0 Å². The fraction of sp³-hybridized carbons (Fsp3) is 0.625. The molecule has 0 N–H and O–H groups in total. The molecule has 2 unspecified atom stereocenters. The molecule has 0 spiro atoms. The molecule has 1 aliphatic rings. The summed E-state index contributed by atoms with van der Waals surface area (Å²) in [5, 5.41) is 0. The maximum absolute atomic E-state index is 11.5. The van der Waals surface area contributed by atoms with Crippen LogP contribution in [0.4, 0.5) is 5.69 Å². The van der Waals surface area contributed by atoms with Gasteiger partial charge in [0.05, 0.1) is 11.5 Å². The van der Waals surface area contributed by atoms with Crippen LogP contribution in [0.2, 0.25) is 0 Å². The van der Waals surface area contributed by atoms with Crippen LogP contribution in [0.15, 0.2) is 29.2 Å². The summed E-state index contributed by atoms with van der Waals surface area (Å²) in [5.74, 6) is 0. The lowest BCUT2D eigenvalue weighted by atomic mass is 10.1. The Bertz CT molecular complexity index is 574. The Morgan fingerprint density at radius 3 is 2.14 bits per heavy atom. The van der Waals surface area contributed by atoms with Crippen molar-refractivity contribution in [2.75, 3.05) is 44.5 Å². The molecule has 1 aromatic rings. The van der Waals surface area contributed by atoms with Gasteiger partial charge in [0.2, 0.25) is 0 Å². The maximum atomic E-state index is 11.5. The van der Waals surface area contributed by atoms with E-state index in [2.05, 4.69) is 23.6 Å². The topological polar surface area (TPSA) is 49.9 Å². The SMILES string of the molecule is COCCN1C(C)CN(c2ccc(S(C)(=O)=O)cc2)CC1C. The number of nitrogens with zero attached hydrogens (tertiary/aromatic N) is 2. The number of ether oxygens (including phenoxy) is 1. The third kappa shape index (κ3) is 4.00. The van der Waals surface area contributed by atoms with Gasteiger partial charge in [-0.2, -0.15) is 0 Å². The predicted octanol–water partition coefficient (Wildman–Crippen LogP) is 1.64. The molecular formula is C16H26N2O3S. The van der Waals surface area contributed by atoms with Gasteiger partial charge in [-0.1, -0.05) is 0 Å². The fourth-order valence-electron chi connectivity index (χ4n) is 3.11. The average molecular weight is 326 g/mol. The summed E-state index contributed by atoms with van der Waals surface area (Å²) in [6.45, 7) is 8.02. The van der Waals surface area contributed by atoms with E-state index in [4.69, 9.17) is 4.74 Å². The lowest BCUT2D eigenvalue weighted by molar-refractivity contribution is 0.0847. The van der Waals surface area contributed by atoms with Crippen molar-refractivity contribution in [1.82, 2.24) is 4.90 Å². The highest BCUT2D eigenvalue weighted by molar-refractivity contribution is 7.90. The summed E-state index contributed by atoms with van der Waals surface area (Å²) < 4.78 is 28.3. The Labute approximate surface area is 133 Å². The van der Waals surface area contributed by atoms with E-state index in [0.717, 1.165) is 31.9 Å². The molecular weight excluding hydrogens is 300 g/mol. The van der Waals surface area contributed by atoms with Gasteiger partial charge in [-0.25, -0.2) is 8.42 Å². The summed E-state index contributed by atoms with van der Waals surface area (Å²) >= 11 is 0. The van der Waals surface area contributed by atoms with Crippen molar-refractivity contribution in [3.05, 3.63) is 24.3 Å². The minimum Gasteiger partial charge on any atom is -0.383 e. The van der Waals surface area contributed by atoms with Crippen molar-refractivity contribution in [2.24, 2.45) is 0 Å². The highest BCUT2D eigenvalue weighted by Gasteiger charge is 2.29. The molecule has 1 heterocycles. The van der Waals surface area contributed by atoms with E-state index < -0.39 is 9.84 Å². The molecule has 0 radical (unpaired) electrons. The third-order valence-corrected chi connectivity index (χ3v) is 5.41. The second-order valence-electron chi connectivity index (χ2n) is 6.10. The first kappa shape index (κ1) is 17.2. The molecule has 22 heavy (non-hydrogen) atoms. The van der Waals surface area contributed by atoms with Crippen molar-refractivity contribution in [1.29, 1.82) is 0 Å². The van der Waals surface area contributed by atoms with Crippen molar-refractivity contribution in [2.45, 2.75) is 30.8 Å². The summed E-state index contributed by atoms with van der Waals surface area (Å²) in [5.41, 5.74) is 1.08. The normalized spacial score (nSPS) is 23.7. The highest BCUT2D eigenvalue weighted by atomic mass is 32.2. The molecule has 5 nitrogen and oxygen atoms in total. The van der Waals surface area contributed by atoms with Crippen LogP contribution in [0, 0.1) is 0 Å². The van der Waals surface area contributed by atoms with E-state index in [9.17, 15) is 8.42 Å². The molecule has 2 atom stereocenters. The number of methoxy groups -OCH3 is 1. The van der Waals surface area contributed by atoms with E-state index >= 15 is 0 Å². The number of hydrogen-bond acceptors (Lipinski definition) is 5. The summed E-state index contributed by atoms with van der Waals surface area (Å²) in [6, 6.07) is 8.07. The number of anilines is 1. The standard InChI is InChI=1S/C16H26N2O3S/c1-13-11-17(12-14(2)18(13)9-10-21-3)15-5-7-16(8-6-15)22(4,19)20/h5-8,13-14H,9-12H2,1-4H3. The second-order valence-corrected chi connectivity index (χ2v) is 8.12. The zero-order chi connectivity index (χ0) is 16.3. The zero-order valence-corrected chi connectivity index (χ0v) is 14.6. The Hall–Kier alpha value is -1.11. The van der Waals surface area contributed by atoms with Gasteiger partial charge in [0, 0.05) is 50.8 Å².